The van der Waals surface area contributed by atoms with Gasteiger partial charge in [-0.25, -0.2) is 15.4 Å². The zero-order valence-electron chi connectivity index (χ0n) is 13.0. The molecular weight excluding hydrogens is 268 g/mol. The van der Waals surface area contributed by atoms with Gasteiger partial charge in [0.05, 0.1) is 23.6 Å². The molecule has 1 unspecified atom stereocenters. The Morgan fingerprint density at radius 2 is 2.10 bits per heavy atom. The maximum Gasteiger partial charge on any atom is 0.269 e. The molecule has 1 aromatic heterocycles. The average Bonchev–Trinajstić information content (AvgIpc) is 2.69. The number of hydrogen-bond acceptors (Lipinski definition) is 6. The standard InChI is InChI=1S/C14H22N6O/c1-7-10(8(2)20-19-7)17-9-6-16-13(14(3,4)5)18-11(9)12(15)21/h6-7,17,19-20H,1-5H3,(H2,15,21). The molecule has 1 aliphatic rings. The van der Waals surface area contributed by atoms with Gasteiger partial charge in [0.25, 0.3) is 5.91 Å². The predicted octanol–water partition coefficient (Wildman–Crippen LogP) is 1.01. The first-order valence-corrected chi connectivity index (χ1v) is 6.87. The van der Waals surface area contributed by atoms with E-state index in [1.165, 1.54) is 0 Å². The minimum Gasteiger partial charge on any atom is -0.364 e. The molecule has 2 heterocycles. The molecular formula is C14H22N6O. The highest BCUT2D eigenvalue weighted by Gasteiger charge is 2.24. The van der Waals surface area contributed by atoms with Gasteiger partial charge in [-0.3, -0.25) is 4.79 Å². The molecule has 0 fully saturated rings. The van der Waals surface area contributed by atoms with Crippen molar-refractivity contribution in [2.24, 2.45) is 5.73 Å². The van der Waals surface area contributed by atoms with Crippen molar-refractivity contribution in [1.29, 1.82) is 0 Å². The Kier molecular flexibility index (Phi) is 3.87. The van der Waals surface area contributed by atoms with Crippen LogP contribution in [0.1, 0.15) is 50.9 Å². The fraction of sp³-hybridized carbons (Fsp3) is 0.500. The third-order valence-corrected chi connectivity index (χ3v) is 3.28. The smallest absolute Gasteiger partial charge is 0.269 e. The molecule has 1 aliphatic heterocycles. The number of aromatic nitrogens is 2. The van der Waals surface area contributed by atoms with Crippen molar-refractivity contribution in [3.05, 3.63) is 29.1 Å². The highest BCUT2D eigenvalue weighted by Crippen LogP contribution is 2.23. The number of hydrazine groups is 1. The van der Waals surface area contributed by atoms with E-state index in [-0.39, 0.29) is 17.2 Å². The van der Waals surface area contributed by atoms with Crippen LogP contribution in [-0.2, 0) is 5.41 Å². The molecule has 0 saturated carbocycles. The molecule has 1 atom stereocenters. The summed E-state index contributed by atoms with van der Waals surface area (Å²) < 4.78 is 0. The van der Waals surface area contributed by atoms with E-state index in [0.29, 0.717) is 11.5 Å². The third kappa shape index (κ3) is 3.13. The summed E-state index contributed by atoms with van der Waals surface area (Å²) in [5, 5.41) is 3.20. The van der Waals surface area contributed by atoms with Crippen molar-refractivity contribution in [1.82, 2.24) is 20.8 Å². The molecule has 0 spiro atoms. The van der Waals surface area contributed by atoms with Crippen molar-refractivity contribution in [3.8, 4) is 0 Å². The molecule has 21 heavy (non-hydrogen) atoms. The van der Waals surface area contributed by atoms with Crippen LogP contribution in [-0.4, -0.2) is 21.9 Å². The van der Waals surface area contributed by atoms with Crippen LogP contribution in [0.4, 0.5) is 5.69 Å². The van der Waals surface area contributed by atoms with E-state index in [9.17, 15) is 4.79 Å². The number of nitrogens with two attached hydrogens (primary N) is 1. The summed E-state index contributed by atoms with van der Waals surface area (Å²) in [7, 11) is 0. The highest BCUT2D eigenvalue weighted by atomic mass is 16.1. The summed E-state index contributed by atoms with van der Waals surface area (Å²) in [6.07, 6.45) is 1.61. The zero-order valence-corrected chi connectivity index (χ0v) is 13.0. The number of nitrogens with one attached hydrogen (secondary N) is 3. The lowest BCUT2D eigenvalue weighted by atomic mass is 9.95. The molecule has 0 aliphatic carbocycles. The second kappa shape index (κ2) is 5.33. The molecule has 1 aromatic rings. The van der Waals surface area contributed by atoms with Gasteiger partial charge < -0.3 is 16.5 Å². The van der Waals surface area contributed by atoms with E-state index in [2.05, 4.69) is 26.1 Å². The van der Waals surface area contributed by atoms with Crippen LogP contribution in [0.5, 0.6) is 0 Å². The van der Waals surface area contributed by atoms with Crippen LogP contribution in [0.3, 0.4) is 0 Å². The first kappa shape index (κ1) is 15.2. The van der Waals surface area contributed by atoms with E-state index < -0.39 is 5.91 Å². The highest BCUT2D eigenvalue weighted by molar-refractivity contribution is 5.96. The maximum absolute atomic E-state index is 11.7. The molecule has 0 saturated heterocycles. The van der Waals surface area contributed by atoms with E-state index in [4.69, 9.17) is 5.73 Å². The minimum absolute atomic E-state index is 0.0908. The number of allylic oxidation sites excluding steroid dienone is 1. The lowest BCUT2D eigenvalue weighted by molar-refractivity contribution is 0.0996. The minimum atomic E-state index is -0.574. The van der Waals surface area contributed by atoms with Gasteiger partial charge in [-0.15, -0.1) is 0 Å². The summed E-state index contributed by atoms with van der Waals surface area (Å²) >= 11 is 0. The fourth-order valence-electron chi connectivity index (χ4n) is 2.05. The average molecular weight is 290 g/mol. The Hall–Kier alpha value is -2.15. The van der Waals surface area contributed by atoms with Gasteiger partial charge in [0.2, 0.25) is 0 Å². The summed E-state index contributed by atoms with van der Waals surface area (Å²) in [4.78, 5) is 20.3. The number of primary amides is 1. The van der Waals surface area contributed by atoms with E-state index >= 15 is 0 Å². The molecule has 7 heteroatoms. The monoisotopic (exact) mass is 290 g/mol. The summed E-state index contributed by atoms with van der Waals surface area (Å²) in [6, 6.07) is 0.0908. The van der Waals surface area contributed by atoms with Gasteiger partial charge in [-0.2, -0.15) is 0 Å². The number of anilines is 1. The summed E-state index contributed by atoms with van der Waals surface area (Å²) in [5.41, 5.74) is 13.9. The van der Waals surface area contributed by atoms with Crippen LogP contribution < -0.4 is 21.9 Å². The number of rotatable bonds is 3. The molecule has 0 radical (unpaired) electrons. The molecule has 7 nitrogen and oxygen atoms in total. The first-order chi connectivity index (χ1) is 9.70. The predicted molar refractivity (Wildman–Crippen MR) is 81.3 cm³/mol. The summed E-state index contributed by atoms with van der Waals surface area (Å²) in [6.45, 7) is 9.90. The van der Waals surface area contributed by atoms with Gasteiger partial charge in [-0.1, -0.05) is 20.8 Å². The number of nitrogens with zero attached hydrogens (tertiary/aromatic N) is 2. The Labute approximate surface area is 124 Å². The fourth-order valence-corrected chi connectivity index (χ4v) is 2.05. The van der Waals surface area contributed by atoms with Crippen LogP contribution in [0.25, 0.3) is 0 Å². The van der Waals surface area contributed by atoms with Crippen molar-refractivity contribution in [2.75, 3.05) is 5.32 Å². The number of amides is 1. The van der Waals surface area contributed by atoms with Crippen molar-refractivity contribution in [2.45, 2.75) is 46.1 Å². The van der Waals surface area contributed by atoms with Crippen LogP contribution >= 0.6 is 0 Å². The van der Waals surface area contributed by atoms with Gasteiger partial charge in [-0.05, 0) is 13.8 Å². The first-order valence-electron chi connectivity index (χ1n) is 6.87. The molecule has 1 amide bonds. The largest absolute Gasteiger partial charge is 0.364 e. The number of carbonyl (C=O) groups excluding carboxylic acids is 1. The van der Waals surface area contributed by atoms with E-state index in [1.54, 1.807) is 6.20 Å². The Morgan fingerprint density at radius 3 is 2.57 bits per heavy atom. The second-order valence-corrected chi connectivity index (χ2v) is 6.22. The topological polar surface area (TPSA) is 105 Å². The summed E-state index contributed by atoms with van der Waals surface area (Å²) in [5.74, 6) is 0.0125. The van der Waals surface area contributed by atoms with Gasteiger partial charge in [0, 0.05) is 11.1 Å². The normalized spacial score (nSPS) is 18.6. The van der Waals surface area contributed by atoms with Crippen LogP contribution in [0.2, 0.25) is 0 Å². The van der Waals surface area contributed by atoms with Crippen LogP contribution in [0.15, 0.2) is 17.6 Å². The lowest BCUT2D eigenvalue weighted by Gasteiger charge is -2.19. The zero-order chi connectivity index (χ0) is 15.8. The van der Waals surface area contributed by atoms with Gasteiger partial charge in [0.15, 0.2) is 5.69 Å². The SMILES string of the molecule is CC1=C(Nc2cnc(C(C)(C)C)nc2C(N)=O)C(C)NN1. The van der Waals surface area contributed by atoms with E-state index in [1.807, 2.05) is 34.6 Å². The Balaban J connectivity index is 2.40. The molecule has 2 rings (SSSR count). The van der Waals surface area contributed by atoms with Gasteiger partial charge >= 0.3 is 0 Å². The quantitative estimate of drug-likeness (QED) is 0.662. The van der Waals surface area contributed by atoms with Gasteiger partial charge in [0.1, 0.15) is 5.82 Å². The number of carbonyl (C=O) groups is 1. The van der Waals surface area contributed by atoms with Crippen molar-refractivity contribution in [3.63, 3.8) is 0 Å². The lowest BCUT2D eigenvalue weighted by Crippen LogP contribution is -2.31. The molecule has 0 bridgehead atoms. The van der Waals surface area contributed by atoms with Crippen LogP contribution in [0, 0.1) is 0 Å². The third-order valence-electron chi connectivity index (χ3n) is 3.28. The van der Waals surface area contributed by atoms with Crippen molar-refractivity contribution < 1.29 is 4.79 Å². The van der Waals surface area contributed by atoms with E-state index in [0.717, 1.165) is 11.4 Å². The second-order valence-electron chi connectivity index (χ2n) is 6.22. The van der Waals surface area contributed by atoms with Crippen molar-refractivity contribution >= 4 is 11.6 Å². The molecule has 0 aromatic carbocycles. The Morgan fingerprint density at radius 1 is 1.43 bits per heavy atom. The number of hydrogen-bond donors (Lipinski definition) is 4. The Bertz CT molecular complexity index is 602. The molecule has 114 valence electrons. The maximum atomic E-state index is 11.7. The molecule has 5 N–H and O–H groups in total.